The highest BCUT2D eigenvalue weighted by Gasteiger charge is 2.23. The maximum atomic E-state index is 11.4. The monoisotopic (exact) mass is 190 g/mol. The highest BCUT2D eigenvalue weighted by Crippen LogP contribution is 2.28. The number of thioether (sulfide) groups is 1. The molecule has 0 atom stereocenters. The molecule has 0 amide bonds. The molecule has 0 radical (unpaired) electrons. The van der Waals surface area contributed by atoms with E-state index in [2.05, 4.69) is 4.98 Å². The number of imidazole rings is 1. The molecule has 0 spiro atoms. The fraction of sp³-hybridized carbons (Fsp3) is 0.111. The minimum atomic E-state index is 0.0868. The molecule has 2 heterocycles. The largest absolute Gasteiger partial charge is 0.292 e. The zero-order chi connectivity index (χ0) is 8.84. The number of hydrogen-bond donors (Lipinski definition) is 0. The van der Waals surface area contributed by atoms with Gasteiger partial charge in [-0.2, -0.15) is 0 Å². The molecule has 2 aromatic rings. The summed E-state index contributed by atoms with van der Waals surface area (Å²) in [6.45, 7) is 0. The Morgan fingerprint density at radius 1 is 1.38 bits per heavy atom. The second kappa shape index (κ2) is 2.35. The molecule has 0 aliphatic carbocycles. The second-order valence-corrected chi connectivity index (χ2v) is 3.83. The van der Waals surface area contributed by atoms with Crippen molar-refractivity contribution in [1.82, 2.24) is 9.55 Å². The zero-order valence-electron chi connectivity index (χ0n) is 6.73. The number of carbonyl (C=O) groups excluding carboxylic acids is 1. The average molecular weight is 190 g/mol. The van der Waals surface area contributed by atoms with Crippen molar-refractivity contribution in [3.05, 3.63) is 30.1 Å². The van der Waals surface area contributed by atoms with Gasteiger partial charge in [-0.15, -0.1) is 0 Å². The van der Waals surface area contributed by atoms with Crippen LogP contribution in [-0.2, 0) is 5.75 Å². The summed E-state index contributed by atoms with van der Waals surface area (Å²) >= 11 is 1.31. The summed E-state index contributed by atoms with van der Waals surface area (Å²) < 4.78 is 1.69. The van der Waals surface area contributed by atoms with Crippen LogP contribution in [0.5, 0.6) is 0 Å². The molecule has 0 saturated carbocycles. The Bertz CT molecular complexity index is 503. The van der Waals surface area contributed by atoms with Gasteiger partial charge in [0.05, 0.1) is 16.8 Å². The van der Waals surface area contributed by atoms with E-state index in [4.69, 9.17) is 0 Å². The Labute approximate surface area is 78.8 Å². The van der Waals surface area contributed by atoms with Crippen LogP contribution >= 0.6 is 11.8 Å². The van der Waals surface area contributed by atoms with Crippen LogP contribution in [0.15, 0.2) is 24.3 Å². The molecule has 0 saturated heterocycles. The van der Waals surface area contributed by atoms with Crippen molar-refractivity contribution in [3.63, 3.8) is 0 Å². The molecular formula is C9H6N2OS. The smallest absolute Gasteiger partial charge is 0.261 e. The molecule has 0 bridgehead atoms. The van der Waals surface area contributed by atoms with Gasteiger partial charge >= 0.3 is 0 Å². The first kappa shape index (κ1) is 7.15. The Kier molecular flexibility index (Phi) is 1.29. The van der Waals surface area contributed by atoms with E-state index in [-0.39, 0.29) is 5.24 Å². The van der Waals surface area contributed by atoms with Crippen molar-refractivity contribution < 1.29 is 4.79 Å². The summed E-state index contributed by atoms with van der Waals surface area (Å²) in [4.78, 5) is 15.8. The van der Waals surface area contributed by atoms with Gasteiger partial charge in [0.2, 0.25) is 0 Å². The number of nitrogens with zero attached hydrogens (tertiary/aromatic N) is 2. The number of para-hydroxylation sites is 2. The maximum Gasteiger partial charge on any atom is 0.292 e. The first-order chi connectivity index (χ1) is 6.36. The first-order valence-corrected chi connectivity index (χ1v) is 4.98. The summed E-state index contributed by atoms with van der Waals surface area (Å²) in [5, 5.41) is 0.0868. The normalized spacial score (nSPS) is 15.2. The fourth-order valence-corrected chi connectivity index (χ4v) is 2.35. The molecule has 4 heteroatoms. The first-order valence-electron chi connectivity index (χ1n) is 4.00. The molecule has 13 heavy (non-hydrogen) atoms. The standard InChI is InChI=1S/C9H6N2OS/c12-9-11-7-4-2-1-3-6(7)10-8(11)5-13-9/h1-4H,5H2. The van der Waals surface area contributed by atoms with E-state index < -0.39 is 0 Å². The van der Waals surface area contributed by atoms with Crippen LogP contribution in [0.2, 0.25) is 0 Å². The third kappa shape index (κ3) is 0.862. The van der Waals surface area contributed by atoms with Gasteiger partial charge in [-0.25, -0.2) is 4.98 Å². The molecule has 0 unspecified atom stereocenters. The highest BCUT2D eigenvalue weighted by molar-refractivity contribution is 8.13. The summed E-state index contributed by atoms with van der Waals surface area (Å²) in [6.07, 6.45) is 0. The van der Waals surface area contributed by atoms with Gasteiger partial charge in [-0.1, -0.05) is 23.9 Å². The minimum Gasteiger partial charge on any atom is -0.261 e. The van der Waals surface area contributed by atoms with E-state index in [1.165, 1.54) is 11.8 Å². The maximum absolute atomic E-state index is 11.4. The summed E-state index contributed by atoms with van der Waals surface area (Å²) in [5.41, 5.74) is 1.83. The van der Waals surface area contributed by atoms with Crippen LogP contribution < -0.4 is 0 Å². The molecule has 0 fully saturated rings. The number of fused-ring (bicyclic) bond motifs is 3. The van der Waals surface area contributed by atoms with Crippen molar-refractivity contribution in [2.75, 3.05) is 0 Å². The number of carbonyl (C=O) groups is 1. The third-order valence-electron chi connectivity index (χ3n) is 2.14. The summed E-state index contributed by atoms with van der Waals surface area (Å²) in [7, 11) is 0. The molecule has 1 aliphatic rings. The SMILES string of the molecule is O=C1SCc2nc3ccccc3n21. The van der Waals surface area contributed by atoms with E-state index in [1.54, 1.807) is 4.57 Å². The van der Waals surface area contributed by atoms with Crippen LogP contribution in [0.4, 0.5) is 4.79 Å². The minimum absolute atomic E-state index is 0.0868. The van der Waals surface area contributed by atoms with Crippen LogP contribution in [0, 0.1) is 0 Å². The fourth-order valence-electron chi connectivity index (χ4n) is 1.57. The Balaban J connectivity index is 2.46. The molecule has 3 rings (SSSR count). The predicted octanol–water partition coefficient (Wildman–Crippen LogP) is 2.25. The number of hydrogen-bond acceptors (Lipinski definition) is 3. The molecule has 3 nitrogen and oxygen atoms in total. The van der Waals surface area contributed by atoms with Gasteiger partial charge in [-0.3, -0.25) is 9.36 Å². The lowest BCUT2D eigenvalue weighted by atomic mass is 10.3. The van der Waals surface area contributed by atoms with Gasteiger partial charge in [0.25, 0.3) is 5.24 Å². The Morgan fingerprint density at radius 2 is 2.23 bits per heavy atom. The van der Waals surface area contributed by atoms with E-state index >= 15 is 0 Å². The topological polar surface area (TPSA) is 34.9 Å². The zero-order valence-corrected chi connectivity index (χ0v) is 7.54. The molecular weight excluding hydrogens is 184 g/mol. The molecule has 64 valence electrons. The third-order valence-corrected chi connectivity index (χ3v) is 2.97. The highest BCUT2D eigenvalue weighted by atomic mass is 32.2. The number of benzene rings is 1. The van der Waals surface area contributed by atoms with Crippen LogP contribution in [0.1, 0.15) is 5.82 Å². The lowest BCUT2D eigenvalue weighted by molar-refractivity contribution is 0.263. The van der Waals surface area contributed by atoms with E-state index in [0.717, 1.165) is 16.9 Å². The van der Waals surface area contributed by atoms with Crippen molar-refractivity contribution in [2.24, 2.45) is 0 Å². The van der Waals surface area contributed by atoms with Crippen molar-refractivity contribution in [3.8, 4) is 0 Å². The summed E-state index contributed by atoms with van der Waals surface area (Å²) in [5.74, 6) is 1.57. The Hall–Kier alpha value is -1.29. The Morgan fingerprint density at radius 3 is 3.15 bits per heavy atom. The van der Waals surface area contributed by atoms with Crippen LogP contribution in [0.3, 0.4) is 0 Å². The molecule has 1 aliphatic heterocycles. The van der Waals surface area contributed by atoms with Crippen LogP contribution in [0.25, 0.3) is 11.0 Å². The predicted molar refractivity (Wildman–Crippen MR) is 51.8 cm³/mol. The molecule has 1 aromatic heterocycles. The van der Waals surface area contributed by atoms with Gasteiger partial charge in [0, 0.05) is 0 Å². The lowest BCUT2D eigenvalue weighted by Gasteiger charge is -1.93. The van der Waals surface area contributed by atoms with Gasteiger partial charge < -0.3 is 0 Å². The average Bonchev–Trinajstić information content (AvgIpc) is 2.66. The van der Waals surface area contributed by atoms with Crippen molar-refractivity contribution in [2.45, 2.75) is 5.75 Å². The van der Waals surface area contributed by atoms with E-state index in [1.807, 2.05) is 24.3 Å². The number of rotatable bonds is 0. The molecule has 1 aromatic carbocycles. The van der Waals surface area contributed by atoms with Crippen LogP contribution in [-0.4, -0.2) is 14.8 Å². The van der Waals surface area contributed by atoms with E-state index in [0.29, 0.717) is 5.75 Å². The van der Waals surface area contributed by atoms with Gasteiger partial charge in [-0.05, 0) is 12.1 Å². The lowest BCUT2D eigenvalue weighted by Crippen LogP contribution is -1.99. The number of aromatic nitrogens is 2. The molecule has 0 N–H and O–H groups in total. The van der Waals surface area contributed by atoms with Gasteiger partial charge in [0.1, 0.15) is 5.82 Å². The quantitative estimate of drug-likeness (QED) is 0.639. The van der Waals surface area contributed by atoms with Gasteiger partial charge in [0.15, 0.2) is 0 Å². The summed E-state index contributed by atoms with van der Waals surface area (Å²) in [6, 6.07) is 7.71. The second-order valence-electron chi connectivity index (χ2n) is 2.91. The van der Waals surface area contributed by atoms with Crippen molar-refractivity contribution >= 4 is 28.0 Å². The van der Waals surface area contributed by atoms with Crippen molar-refractivity contribution in [1.29, 1.82) is 0 Å². The van der Waals surface area contributed by atoms with E-state index in [9.17, 15) is 4.79 Å².